The van der Waals surface area contributed by atoms with Crippen LogP contribution >= 0.6 is 11.6 Å². The highest BCUT2D eigenvalue weighted by molar-refractivity contribution is 6.33. The van der Waals surface area contributed by atoms with Gasteiger partial charge in [0.25, 0.3) is 18.2 Å². The number of ether oxygens (including phenoxy) is 1. The predicted molar refractivity (Wildman–Crippen MR) is 76.3 cm³/mol. The molecule has 2 heterocycles. The van der Waals surface area contributed by atoms with Gasteiger partial charge in [0.2, 0.25) is 0 Å². The van der Waals surface area contributed by atoms with Crippen LogP contribution < -0.4 is 15.8 Å². The van der Waals surface area contributed by atoms with Crippen LogP contribution in [0.15, 0.2) is 18.5 Å². The second-order valence-electron chi connectivity index (χ2n) is 4.27. The Bertz CT molecular complexity index is 692. The topological polar surface area (TPSA) is 95.1 Å². The Morgan fingerprint density at radius 1 is 1.59 bits per heavy atom. The van der Waals surface area contributed by atoms with Crippen molar-refractivity contribution in [3.63, 3.8) is 0 Å². The molecule has 0 atom stereocenters. The van der Waals surface area contributed by atoms with Gasteiger partial charge in [-0.25, -0.2) is 13.8 Å². The van der Waals surface area contributed by atoms with Crippen LogP contribution in [0.5, 0.6) is 5.88 Å². The lowest BCUT2D eigenvalue weighted by atomic mass is 10.2. The minimum Gasteiger partial charge on any atom is -0.469 e. The summed E-state index contributed by atoms with van der Waals surface area (Å²) in [4.78, 5) is 15.8. The minimum absolute atomic E-state index is 0.0977. The lowest BCUT2D eigenvalue weighted by Crippen LogP contribution is -2.14. The van der Waals surface area contributed by atoms with Gasteiger partial charge in [-0.15, -0.1) is 5.10 Å². The Balaban J connectivity index is 2.15. The van der Waals surface area contributed by atoms with Gasteiger partial charge < -0.3 is 15.8 Å². The van der Waals surface area contributed by atoms with E-state index in [4.69, 9.17) is 22.1 Å². The molecule has 0 radical (unpaired) electrons. The van der Waals surface area contributed by atoms with Crippen molar-refractivity contribution in [2.75, 3.05) is 17.7 Å². The average molecular weight is 332 g/mol. The Hall–Kier alpha value is -2.42. The predicted octanol–water partition coefficient (Wildman–Crippen LogP) is 1.95. The number of pyridine rings is 1. The molecule has 118 valence electrons. The average Bonchev–Trinajstić information content (AvgIpc) is 2.79. The minimum atomic E-state index is -2.65. The molecule has 7 nitrogen and oxygen atoms in total. The van der Waals surface area contributed by atoms with E-state index in [1.165, 1.54) is 23.1 Å². The normalized spacial score (nSPS) is 10.8. The molecule has 0 saturated carbocycles. The van der Waals surface area contributed by atoms with Crippen molar-refractivity contribution in [1.82, 2.24) is 14.8 Å². The highest BCUT2D eigenvalue weighted by atomic mass is 35.5. The molecule has 0 aliphatic heterocycles. The smallest absolute Gasteiger partial charge is 0.272 e. The van der Waals surface area contributed by atoms with Gasteiger partial charge in [-0.3, -0.25) is 9.48 Å². The van der Waals surface area contributed by atoms with Crippen LogP contribution in [-0.4, -0.2) is 33.7 Å². The molecule has 0 spiro atoms. The molecule has 1 amide bonds. The van der Waals surface area contributed by atoms with Gasteiger partial charge in [-0.2, -0.15) is 0 Å². The van der Waals surface area contributed by atoms with Crippen LogP contribution in [0.1, 0.15) is 10.4 Å². The molecule has 2 rings (SSSR count). The number of rotatable bonds is 5. The number of nitrogens with zero attached hydrogens (tertiary/aromatic N) is 3. The molecule has 0 aliphatic rings. The van der Waals surface area contributed by atoms with Crippen LogP contribution in [-0.2, 0) is 7.05 Å². The van der Waals surface area contributed by atoms with Crippen LogP contribution in [0, 0.1) is 0 Å². The highest BCUT2D eigenvalue weighted by Gasteiger charge is 2.16. The number of nitrogens with two attached hydrogens (primary N) is 1. The van der Waals surface area contributed by atoms with Gasteiger partial charge in [0.15, 0.2) is 6.61 Å². The first-order chi connectivity index (χ1) is 10.4. The van der Waals surface area contributed by atoms with Gasteiger partial charge in [0.1, 0.15) is 11.5 Å². The molecule has 0 aromatic carbocycles. The number of hydrogen-bond acceptors (Lipinski definition) is 5. The summed E-state index contributed by atoms with van der Waals surface area (Å²) in [6.45, 7) is -0.824. The summed E-state index contributed by atoms with van der Waals surface area (Å²) in [5, 5.41) is 6.46. The first-order valence-corrected chi connectivity index (χ1v) is 6.41. The molecular formula is C12H12ClF2N5O2. The van der Waals surface area contributed by atoms with Crippen LogP contribution in [0.2, 0.25) is 5.02 Å². The van der Waals surface area contributed by atoms with E-state index in [0.717, 1.165) is 0 Å². The highest BCUT2D eigenvalue weighted by Crippen LogP contribution is 2.24. The third-order valence-electron chi connectivity index (χ3n) is 2.52. The molecule has 0 saturated heterocycles. The molecule has 22 heavy (non-hydrogen) atoms. The number of halogens is 3. The van der Waals surface area contributed by atoms with E-state index in [1.807, 2.05) is 0 Å². The third-order valence-corrected chi connectivity index (χ3v) is 2.82. The summed E-state index contributed by atoms with van der Waals surface area (Å²) < 4.78 is 30.5. The largest absolute Gasteiger partial charge is 0.469 e. The standard InChI is InChI=1S/C12H12ClF2N5O2/c1-20-4-8(12(19-20)22-5-9(14)15)18-11(21)6-2-7(13)10(16)17-3-6/h2-4,9H,5H2,1H3,(H2,16,17)(H,18,21). The van der Waals surface area contributed by atoms with Crippen molar-refractivity contribution in [2.45, 2.75) is 6.43 Å². The number of anilines is 2. The second-order valence-corrected chi connectivity index (χ2v) is 4.68. The van der Waals surface area contributed by atoms with E-state index in [1.54, 1.807) is 7.05 Å². The van der Waals surface area contributed by atoms with Crippen LogP contribution in [0.4, 0.5) is 20.3 Å². The fourth-order valence-electron chi connectivity index (χ4n) is 1.57. The monoisotopic (exact) mass is 331 g/mol. The fraction of sp³-hybridized carbons (Fsp3) is 0.250. The molecule has 0 fully saturated rings. The summed E-state index contributed by atoms with van der Waals surface area (Å²) >= 11 is 5.79. The van der Waals surface area contributed by atoms with Crippen molar-refractivity contribution in [2.24, 2.45) is 7.05 Å². The molecule has 2 aromatic rings. The van der Waals surface area contributed by atoms with E-state index in [9.17, 15) is 13.6 Å². The van der Waals surface area contributed by atoms with E-state index in [0.29, 0.717) is 0 Å². The molecule has 0 bridgehead atoms. The quantitative estimate of drug-likeness (QED) is 0.873. The lowest BCUT2D eigenvalue weighted by molar-refractivity contribution is 0.0795. The summed E-state index contributed by atoms with van der Waals surface area (Å²) in [5.41, 5.74) is 5.77. The summed E-state index contributed by atoms with van der Waals surface area (Å²) in [7, 11) is 1.56. The first-order valence-electron chi connectivity index (χ1n) is 6.03. The summed E-state index contributed by atoms with van der Waals surface area (Å²) in [6.07, 6.45) is 0.0168. The van der Waals surface area contributed by atoms with E-state index < -0.39 is 18.9 Å². The number of carbonyl (C=O) groups is 1. The molecule has 0 unspecified atom stereocenters. The van der Waals surface area contributed by atoms with Crippen LogP contribution in [0.3, 0.4) is 0 Å². The third kappa shape index (κ3) is 3.82. The number of aromatic nitrogens is 3. The lowest BCUT2D eigenvalue weighted by Gasteiger charge is -2.07. The molecule has 3 N–H and O–H groups in total. The summed E-state index contributed by atoms with van der Waals surface area (Å²) in [6, 6.07) is 1.34. The van der Waals surface area contributed by atoms with Crippen molar-refractivity contribution in [3.8, 4) is 5.88 Å². The van der Waals surface area contributed by atoms with Gasteiger partial charge in [0, 0.05) is 13.2 Å². The van der Waals surface area contributed by atoms with Crippen molar-refractivity contribution in [3.05, 3.63) is 29.0 Å². The van der Waals surface area contributed by atoms with Gasteiger partial charge in [-0.1, -0.05) is 11.6 Å². The second kappa shape index (κ2) is 6.56. The van der Waals surface area contributed by atoms with Gasteiger partial charge >= 0.3 is 0 Å². The van der Waals surface area contributed by atoms with E-state index in [-0.39, 0.29) is 28.0 Å². The zero-order valence-corrected chi connectivity index (χ0v) is 12.1. The maximum Gasteiger partial charge on any atom is 0.272 e. The number of hydrogen-bond donors (Lipinski definition) is 2. The molecule has 0 aliphatic carbocycles. The van der Waals surface area contributed by atoms with E-state index in [2.05, 4.69) is 15.4 Å². The zero-order chi connectivity index (χ0) is 16.3. The molecule has 2 aromatic heterocycles. The first kappa shape index (κ1) is 16.0. The molecular weight excluding hydrogens is 320 g/mol. The molecule has 10 heteroatoms. The fourth-order valence-corrected chi connectivity index (χ4v) is 1.74. The number of nitrogen functional groups attached to an aromatic ring is 1. The number of aryl methyl sites for hydroxylation is 1. The van der Waals surface area contributed by atoms with Crippen LogP contribution in [0.25, 0.3) is 0 Å². The van der Waals surface area contributed by atoms with Crippen molar-refractivity contribution >= 4 is 29.0 Å². The number of nitrogens with one attached hydrogen (secondary N) is 1. The maximum absolute atomic E-state index is 12.2. The van der Waals surface area contributed by atoms with Crippen molar-refractivity contribution < 1.29 is 18.3 Å². The number of carbonyl (C=O) groups excluding carboxylic acids is 1. The number of alkyl halides is 2. The Morgan fingerprint density at radius 3 is 2.95 bits per heavy atom. The Kier molecular flexibility index (Phi) is 4.76. The van der Waals surface area contributed by atoms with Crippen molar-refractivity contribution in [1.29, 1.82) is 0 Å². The summed E-state index contributed by atoms with van der Waals surface area (Å²) in [5.74, 6) is -0.560. The van der Waals surface area contributed by atoms with E-state index >= 15 is 0 Å². The van der Waals surface area contributed by atoms with Gasteiger partial charge in [-0.05, 0) is 6.07 Å². The number of amides is 1. The SMILES string of the molecule is Cn1cc(NC(=O)c2cnc(N)c(Cl)c2)c(OCC(F)F)n1. The zero-order valence-electron chi connectivity index (χ0n) is 11.4. The Labute approximate surface area is 129 Å². The maximum atomic E-state index is 12.2. The van der Waals surface area contributed by atoms with Gasteiger partial charge in [0.05, 0.1) is 16.8 Å². The Morgan fingerprint density at radius 2 is 2.32 bits per heavy atom.